The number of aliphatic hydroxyl groups is 3. The molecule has 5 nitrogen and oxygen atoms in total. The highest BCUT2D eigenvalue weighted by Gasteiger charge is 2.37. The molecule has 1 aromatic rings. The van der Waals surface area contributed by atoms with Crippen molar-refractivity contribution in [1.29, 1.82) is 0 Å². The maximum atomic E-state index is 9.57. The van der Waals surface area contributed by atoms with E-state index >= 15 is 0 Å². The highest BCUT2D eigenvalue weighted by molar-refractivity contribution is 5.05. The second-order valence-electron chi connectivity index (χ2n) is 3.65. The molecular formula is C10H14O5. The lowest BCUT2D eigenvalue weighted by atomic mass is 9.97. The van der Waals surface area contributed by atoms with E-state index in [1.54, 1.807) is 12.1 Å². The van der Waals surface area contributed by atoms with Crippen LogP contribution >= 0.6 is 0 Å². The third-order valence-electron chi connectivity index (χ3n) is 2.61. The Labute approximate surface area is 86.9 Å². The summed E-state index contributed by atoms with van der Waals surface area (Å²) >= 11 is 0. The SMILES string of the molecule is OCC1O[C@H](c2ccco2)CC(O)[C@@H]1O. The van der Waals surface area contributed by atoms with Gasteiger partial charge in [0.15, 0.2) is 0 Å². The zero-order chi connectivity index (χ0) is 10.8. The van der Waals surface area contributed by atoms with Crippen molar-refractivity contribution in [3.63, 3.8) is 0 Å². The molecule has 0 aliphatic carbocycles. The fourth-order valence-corrected chi connectivity index (χ4v) is 1.76. The third-order valence-corrected chi connectivity index (χ3v) is 2.61. The molecule has 1 aliphatic rings. The normalized spacial score (nSPS) is 36.7. The molecule has 1 saturated heterocycles. The van der Waals surface area contributed by atoms with Crippen LogP contribution in [0.4, 0.5) is 0 Å². The number of ether oxygens (including phenoxy) is 1. The van der Waals surface area contributed by atoms with Gasteiger partial charge in [0, 0.05) is 6.42 Å². The van der Waals surface area contributed by atoms with Gasteiger partial charge in [0.05, 0.1) is 19.0 Å². The molecule has 2 unspecified atom stereocenters. The van der Waals surface area contributed by atoms with Crippen LogP contribution in [0.25, 0.3) is 0 Å². The first-order valence-electron chi connectivity index (χ1n) is 4.88. The van der Waals surface area contributed by atoms with Crippen molar-refractivity contribution >= 4 is 0 Å². The molecule has 1 aromatic heterocycles. The van der Waals surface area contributed by atoms with E-state index in [2.05, 4.69) is 0 Å². The summed E-state index contributed by atoms with van der Waals surface area (Å²) in [5.41, 5.74) is 0. The second kappa shape index (κ2) is 4.32. The molecule has 0 saturated carbocycles. The first kappa shape index (κ1) is 10.6. The van der Waals surface area contributed by atoms with Crippen LogP contribution in [0.15, 0.2) is 22.8 Å². The molecule has 2 rings (SSSR count). The number of aliphatic hydroxyl groups excluding tert-OH is 3. The summed E-state index contributed by atoms with van der Waals surface area (Å²) in [4.78, 5) is 0. The molecule has 3 N–H and O–H groups in total. The van der Waals surface area contributed by atoms with Crippen LogP contribution in [-0.4, -0.2) is 40.2 Å². The Bertz CT molecular complexity index is 297. The van der Waals surface area contributed by atoms with Gasteiger partial charge in [-0.1, -0.05) is 0 Å². The number of rotatable bonds is 2. The van der Waals surface area contributed by atoms with Gasteiger partial charge in [-0.25, -0.2) is 0 Å². The van der Waals surface area contributed by atoms with Crippen LogP contribution in [0.2, 0.25) is 0 Å². The van der Waals surface area contributed by atoms with Gasteiger partial charge in [0.2, 0.25) is 0 Å². The van der Waals surface area contributed by atoms with Crippen molar-refractivity contribution in [2.45, 2.75) is 30.8 Å². The minimum atomic E-state index is -1.04. The summed E-state index contributed by atoms with van der Waals surface area (Å²) in [6, 6.07) is 3.47. The highest BCUT2D eigenvalue weighted by Crippen LogP contribution is 2.31. The maximum Gasteiger partial charge on any atom is 0.132 e. The quantitative estimate of drug-likeness (QED) is 0.636. The van der Waals surface area contributed by atoms with E-state index < -0.39 is 24.4 Å². The molecule has 0 bridgehead atoms. The van der Waals surface area contributed by atoms with E-state index in [4.69, 9.17) is 14.3 Å². The molecule has 0 aromatic carbocycles. The Kier molecular flexibility index (Phi) is 3.06. The minimum absolute atomic E-state index is 0.269. The summed E-state index contributed by atoms with van der Waals surface area (Å²) in [6.45, 7) is -0.324. The highest BCUT2D eigenvalue weighted by atomic mass is 16.5. The lowest BCUT2D eigenvalue weighted by Crippen LogP contribution is -2.47. The molecule has 1 aliphatic heterocycles. The third kappa shape index (κ3) is 2.05. The summed E-state index contributed by atoms with van der Waals surface area (Å²) in [6.07, 6.45) is -1.32. The summed E-state index contributed by atoms with van der Waals surface area (Å²) in [5, 5.41) is 28.0. The van der Waals surface area contributed by atoms with Gasteiger partial charge >= 0.3 is 0 Å². The van der Waals surface area contributed by atoms with Crippen LogP contribution in [0.1, 0.15) is 18.3 Å². The summed E-state index contributed by atoms with van der Waals surface area (Å²) in [5.74, 6) is 0.597. The number of hydrogen-bond acceptors (Lipinski definition) is 5. The number of furan rings is 1. The zero-order valence-corrected chi connectivity index (χ0v) is 8.11. The van der Waals surface area contributed by atoms with Gasteiger partial charge < -0.3 is 24.5 Å². The van der Waals surface area contributed by atoms with Crippen molar-refractivity contribution in [2.24, 2.45) is 0 Å². The van der Waals surface area contributed by atoms with E-state index in [1.165, 1.54) is 6.26 Å². The standard InChI is InChI=1S/C10H14O5/c11-5-9-10(13)6(12)4-8(15-9)7-2-1-3-14-7/h1-3,6,8-13H,4-5H2/t6?,8-,9?,10-/m0/s1. The van der Waals surface area contributed by atoms with E-state index in [0.29, 0.717) is 5.76 Å². The van der Waals surface area contributed by atoms with Crippen LogP contribution in [0, 0.1) is 0 Å². The predicted molar refractivity (Wildman–Crippen MR) is 50.0 cm³/mol. The lowest BCUT2D eigenvalue weighted by molar-refractivity contribution is -0.185. The van der Waals surface area contributed by atoms with Crippen LogP contribution in [0.5, 0.6) is 0 Å². The molecular weight excluding hydrogens is 200 g/mol. The summed E-state index contributed by atoms with van der Waals surface area (Å²) in [7, 11) is 0. The molecule has 2 heterocycles. The minimum Gasteiger partial charge on any atom is -0.467 e. The Morgan fingerprint density at radius 3 is 2.80 bits per heavy atom. The second-order valence-corrected chi connectivity index (χ2v) is 3.65. The molecule has 84 valence electrons. The molecule has 0 amide bonds. The van der Waals surface area contributed by atoms with Gasteiger partial charge in [-0.3, -0.25) is 0 Å². The molecule has 4 atom stereocenters. The Balaban J connectivity index is 2.10. The lowest BCUT2D eigenvalue weighted by Gasteiger charge is -2.35. The van der Waals surface area contributed by atoms with E-state index in [-0.39, 0.29) is 13.0 Å². The zero-order valence-electron chi connectivity index (χ0n) is 8.11. The van der Waals surface area contributed by atoms with Crippen molar-refractivity contribution in [3.8, 4) is 0 Å². The van der Waals surface area contributed by atoms with Crippen LogP contribution in [-0.2, 0) is 4.74 Å². The number of hydrogen-bond donors (Lipinski definition) is 3. The summed E-state index contributed by atoms with van der Waals surface area (Å²) < 4.78 is 10.6. The first-order valence-corrected chi connectivity index (χ1v) is 4.88. The molecule has 15 heavy (non-hydrogen) atoms. The fourth-order valence-electron chi connectivity index (χ4n) is 1.76. The smallest absolute Gasteiger partial charge is 0.132 e. The molecule has 1 fully saturated rings. The van der Waals surface area contributed by atoms with Crippen molar-refractivity contribution in [2.75, 3.05) is 6.61 Å². The largest absolute Gasteiger partial charge is 0.467 e. The molecule has 0 spiro atoms. The van der Waals surface area contributed by atoms with E-state index in [9.17, 15) is 10.2 Å². The van der Waals surface area contributed by atoms with Crippen molar-refractivity contribution < 1.29 is 24.5 Å². The fraction of sp³-hybridized carbons (Fsp3) is 0.600. The Morgan fingerprint density at radius 2 is 2.20 bits per heavy atom. The van der Waals surface area contributed by atoms with Gasteiger partial charge in [0.25, 0.3) is 0 Å². The molecule has 5 heteroatoms. The first-order chi connectivity index (χ1) is 7.22. The van der Waals surface area contributed by atoms with Crippen molar-refractivity contribution in [1.82, 2.24) is 0 Å². The Morgan fingerprint density at radius 1 is 1.40 bits per heavy atom. The monoisotopic (exact) mass is 214 g/mol. The van der Waals surface area contributed by atoms with Crippen molar-refractivity contribution in [3.05, 3.63) is 24.2 Å². The van der Waals surface area contributed by atoms with Crippen LogP contribution < -0.4 is 0 Å². The van der Waals surface area contributed by atoms with Gasteiger partial charge in [-0.05, 0) is 12.1 Å². The van der Waals surface area contributed by atoms with E-state index in [1.807, 2.05) is 0 Å². The van der Waals surface area contributed by atoms with E-state index in [0.717, 1.165) is 0 Å². The van der Waals surface area contributed by atoms with Crippen LogP contribution in [0.3, 0.4) is 0 Å². The topological polar surface area (TPSA) is 83.1 Å². The average Bonchev–Trinajstić information content (AvgIpc) is 2.75. The maximum absolute atomic E-state index is 9.57. The van der Waals surface area contributed by atoms with Gasteiger partial charge in [-0.15, -0.1) is 0 Å². The Hall–Kier alpha value is -0.880. The average molecular weight is 214 g/mol. The molecule has 0 radical (unpaired) electrons. The predicted octanol–water partition coefficient (Wildman–Crippen LogP) is -0.176. The van der Waals surface area contributed by atoms with Gasteiger partial charge in [0.1, 0.15) is 24.1 Å². The van der Waals surface area contributed by atoms with Gasteiger partial charge in [-0.2, -0.15) is 0 Å².